The summed E-state index contributed by atoms with van der Waals surface area (Å²) in [6.45, 7) is 4.80. The molecule has 0 heterocycles. The van der Waals surface area contributed by atoms with Gasteiger partial charge in [0.1, 0.15) is 0 Å². The van der Waals surface area contributed by atoms with Crippen LogP contribution in [0.2, 0.25) is 5.02 Å². The molecular formula is C17H19ClN2O. The summed E-state index contributed by atoms with van der Waals surface area (Å²) in [5, 5.41) is 6.64. The molecule has 110 valence electrons. The number of carbonyl (C=O) groups is 1. The molecule has 0 aliphatic carbocycles. The van der Waals surface area contributed by atoms with Crippen LogP contribution in [0.4, 0.5) is 5.69 Å². The second-order valence-corrected chi connectivity index (χ2v) is 5.43. The Morgan fingerprint density at radius 1 is 1.10 bits per heavy atom. The normalized spacial score (nSPS) is 10.2. The summed E-state index contributed by atoms with van der Waals surface area (Å²) in [5.74, 6) is -0.0619. The van der Waals surface area contributed by atoms with Crippen LogP contribution in [0.25, 0.3) is 0 Å². The maximum atomic E-state index is 11.8. The van der Waals surface area contributed by atoms with Gasteiger partial charge in [0.05, 0.1) is 6.54 Å². The molecule has 3 nitrogen and oxygen atoms in total. The number of hydrogen-bond acceptors (Lipinski definition) is 2. The number of nitrogens with one attached hydrogen (secondary N) is 2. The van der Waals surface area contributed by atoms with E-state index in [1.54, 1.807) is 0 Å². The highest BCUT2D eigenvalue weighted by molar-refractivity contribution is 6.31. The van der Waals surface area contributed by atoms with Crippen molar-refractivity contribution in [1.29, 1.82) is 0 Å². The molecule has 0 saturated heterocycles. The lowest BCUT2D eigenvalue weighted by Crippen LogP contribution is -2.29. The molecule has 0 atom stereocenters. The van der Waals surface area contributed by atoms with E-state index in [9.17, 15) is 4.79 Å². The summed E-state index contributed by atoms with van der Waals surface area (Å²) in [4.78, 5) is 11.8. The lowest BCUT2D eigenvalue weighted by atomic mass is 10.1. The molecule has 0 bridgehead atoms. The van der Waals surface area contributed by atoms with Gasteiger partial charge < -0.3 is 10.6 Å². The smallest absolute Gasteiger partial charge is 0.239 e. The van der Waals surface area contributed by atoms with Gasteiger partial charge in [0, 0.05) is 17.3 Å². The van der Waals surface area contributed by atoms with Crippen LogP contribution in [0.15, 0.2) is 42.5 Å². The summed E-state index contributed by atoms with van der Waals surface area (Å²) in [7, 11) is 0. The van der Waals surface area contributed by atoms with E-state index < -0.39 is 0 Å². The molecular weight excluding hydrogens is 284 g/mol. The van der Waals surface area contributed by atoms with E-state index in [0.29, 0.717) is 11.6 Å². The first-order chi connectivity index (χ1) is 10.1. The van der Waals surface area contributed by atoms with Gasteiger partial charge in [-0.2, -0.15) is 0 Å². The lowest BCUT2D eigenvalue weighted by molar-refractivity contribution is -0.119. The van der Waals surface area contributed by atoms with Crippen molar-refractivity contribution < 1.29 is 4.79 Å². The van der Waals surface area contributed by atoms with Crippen molar-refractivity contribution in [3.63, 3.8) is 0 Å². The van der Waals surface area contributed by atoms with Crippen LogP contribution in [-0.2, 0) is 11.3 Å². The van der Waals surface area contributed by atoms with E-state index in [1.165, 1.54) is 11.1 Å². The van der Waals surface area contributed by atoms with Crippen molar-refractivity contribution in [3.8, 4) is 0 Å². The first-order valence-electron chi connectivity index (χ1n) is 6.87. The molecule has 0 aliphatic rings. The Kier molecular flexibility index (Phi) is 5.23. The summed E-state index contributed by atoms with van der Waals surface area (Å²) >= 11 is 6.05. The highest BCUT2D eigenvalue weighted by atomic mass is 35.5. The van der Waals surface area contributed by atoms with Gasteiger partial charge in [0.25, 0.3) is 0 Å². The second kappa shape index (κ2) is 7.14. The third-order valence-electron chi connectivity index (χ3n) is 3.39. The van der Waals surface area contributed by atoms with E-state index >= 15 is 0 Å². The molecule has 2 aromatic rings. The van der Waals surface area contributed by atoms with Crippen LogP contribution in [0, 0.1) is 13.8 Å². The van der Waals surface area contributed by atoms with Gasteiger partial charge in [-0.05, 0) is 48.7 Å². The predicted octanol–water partition coefficient (Wildman–Crippen LogP) is 3.69. The predicted molar refractivity (Wildman–Crippen MR) is 87.7 cm³/mol. The van der Waals surface area contributed by atoms with Crippen molar-refractivity contribution in [2.75, 3.05) is 11.9 Å². The third-order valence-corrected chi connectivity index (χ3v) is 3.76. The molecule has 2 aromatic carbocycles. The maximum Gasteiger partial charge on any atom is 0.239 e. The van der Waals surface area contributed by atoms with Gasteiger partial charge >= 0.3 is 0 Å². The standard InChI is InChI=1S/C17H19ClN2O/c1-12-7-8-15(9-13(12)2)19-11-17(21)20-10-14-5-3-4-6-16(14)18/h3-9,19H,10-11H2,1-2H3,(H,20,21). The van der Waals surface area contributed by atoms with Crippen molar-refractivity contribution in [2.24, 2.45) is 0 Å². The minimum absolute atomic E-state index is 0.0619. The second-order valence-electron chi connectivity index (χ2n) is 5.02. The summed E-state index contributed by atoms with van der Waals surface area (Å²) < 4.78 is 0. The molecule has 2 N–H and O–H groups in total. The van der Waals surface area contributed by atoms with E-state index in [-0.39, 0.29) is 12.5 Å². The Labute approximate surface area is 130 Å². The number of halogens is 1. The van der Waals surface area contributed by atoms with Crippen molar-refractivity contribution in [2.45, 2.75) is 20.4 Å². The van der Waals surface area contributed by atoms with Gasteiger partial charge in [-0.25, -0.2) is 0 Å². The van der Waals surface area contributed by atoms with Crippen molar-refractivity contribution >= 4 is 23.2 Å². The van der Waals surface area contributed by atoms with Crippen LogP contribution in [0.5, 0.6) is 0 Å². The van der Waals surface area contributed by atoms with E-state index in [2.05, 4.69) is 24.5 Å². The van der Waals surface area contributed by atoms with E-state index in [0.717, 1.165) is 11.3 Å². The van der Waals surface area contributed by atoms with Crippen molar-refractivity contribution in [3.05, 3.63) is 64.2 Å². The lowest BCUT2D eigenvalue weighted by Gasteiger charge is -2.10. The molecule has 0 fully saturated rings. The zero-order chi connectivity index (χ0) is 15.2. The van der Waals surface area contributed by atoms with Gasteiger partial charge in [-0.1, -0.05) is 35.9 Å². The van der Waals surface area contributed by atoms with Crippen LogP contribution in [0.3, 0.4) is 0 Å². The van der Waals surface area contributed by atoms with Gasteiger partial charge in [-0.15, -0.1) is 0 Å². The zero-order valence-corrected chi connectivity index (χ0v) is 13.0. The topological polar surface area (TPSA) is 41.1 Å². The fraction of sp³-hybridized carbons (Fsp3) is 0.235. The average molecular weight is 303 g/mol. The third kappa shape index (κ3) is 4.50. The quantitative estimate of drug-likeness (QED) is 0.884. The molecule has 0 saturated carbocycles. The summed E-state index contributed by atoms with van der Waals surface area (Å²) in [6.07, 6.45) is 0. The largest absolute Gasteiger partial charge is 0.376 e. The number of benzene rings is 2. The summed E-state index contributed by atoms with van der Waals surface area (Å²) in [5.41, 5.74) is 4.31. The molecule has 21 heavy (non-hydrogen) atoms. The first-order valence-corrected chi connectivity index (χ1v) is 7.25. The Hall–Kier alpha value is -2.00. The Morgan fingerprint density at radius 2 is 1.86 bits per heavy atom. The monoisotopic (exact) mass is 302 g/mol. The number of aryl methyl sites for hydroxylation is 2. The highest BCUT2D eigenvalue weighted by Crippen LogP contribution is 2.15. The number of carbonyl (C=O) groups excluding carboxylic acids is 1. The highest BCUT2D eigenvalue weighted by Gasteiger charge is 2.04. The number of hydrogen-bond donors (Lipinski definition) is 2. The first kappa shape index (κ1) is 15.4. The maximum absolute atomic E-state index is 11.8. The fourth-order valence-corrected chi connectivity index (χ4v) is 2.13. The van der Waals surface area contributed by atoms with Gasteiger partial charge in [-0.3, -0.25) is 4.79 Å². The fourth-order valence-electron chi connectivity index (χ4n) is 1.93. The SMILES string of the molecule is Cc1ccc(NCC(=O)NCc2ccccc2Cl)cc1C. The van der Waals surface area contributed by atoms with E-state index in [4.69, 9.17) is 11.6 Å². The molecule has 4 heteroatoms. The summed E-state index contributed by atoms with van der Waals surface area (Å²) in [6, 6.07) is 13.5. The molecule has 0 unspecified atom stereocenters. The minimum atomic E-state index is -0.0619. The van der Waals surface area contributed by atoms with Gasteiger partial charge in [0.15, 0.2) is 0 Å². The molecule has 0 aromatic heterocycles. The van der Waals surface area contributed by atoms with Crippen LogP contribution in [0.1, 0.15) is 16.7 Å². The zero-order valence-electron chi connectivity index (χ0n) is 12.2. The average Bonchev–Trinajstić information content (AvgIpc) is 2.47. The number of anilines is 1. The Morgan fingerprint density at radius 3 is 2.57 bits per heavy atom. The van der Waals surface area contributed by atoms with Crippen LogP contribution < -0.4 is 10.6 Å². The molecule has 1 amide bonds. The Bertz CT molecular complexity index is 640. The van der Waals surface area contributed by atoms with Crippen LogP contribution in [-0.4, -0.2) is 12.5 Å². The molecule has 0 radical (unpaired) electrons. The van der Waals surface area contributed by atoms with Crippen molar-refractivity contribution in [1.82, 2.24) is 5.32 Å². The van der Waals surface area contributed by atoms with Crippen LogP contribution >= 0.6 is 11.6 Å². The number of amides is 1. The van der Waals surface area contributed by atoms with Gasteiger partial charge in [0.2, 0.25) is 5.91 Å². The minimum Gasteiger partial charge on any atom is -0.376 e. The molecule has 0 aliphatic heterocycles. The van der Waals surface area contributed by atoms with E-state index in [1.807, 2.05) is 42.5 Å². The molecule has 2 rings (SSSR count). The molecule has 0 spiro atoms. The number of rotatable bonds is 5. The Balaban J connectivity index is 1.82.